The van der Waals surface area contributed by atoms with Crippen LogP contribution in [0.15, 0.2) is 29.8 Å². The van der Waals surface area contributed by atoms with Crippen molar-refractivity contribution in [2.24, 2.45) is 17.3 Å². The molecule has 7 nitrogen and oxygen atoms in total. The van der Waals surface area contributed by atoms with Gasteiger partial charge in [0, 0.05) is 12.3 Å². The highest BCUT2D eigenvalue weighted by Gasteiger charge is 2.53. The first-order chi connectivity index (χ1) is 18.7. The first kappa shape index (κ1) is 30.8. The van der Waals surface area contributed by atoms with Crippen molar-refractivity contribution in [3.63, 3.8) is 0 Å². The van der Waals surface area contributed by atoms with Crippen LogP contribution in [0.3, 0.4) is 0 Å². The lowest BCUT2D eigenvalue weighted by Gasteiger charge is -2.36. The Morgan fingerprint density at radius 2 is 1.93 bits per heavy atom. The number of hydrogen-bond donors (Lipinski definition) is 2. The summed E-state index contributed by atoms with van der Waals surface area (Å²) in [6, 6.07) is 5.94. The molecule has 2 aromatic rings. The van der Waals surface area contributed by atoms with E-state index in [0.29, 0.717) is 12.8 Å². The molecule has 0 saturated carbocycles. The Bertz CT molecular complexity index is 1260. The number of benzene rings is 1. The Morgan fingerprint density at radius 1 is 1.20 bits per heavy atom. The summed E-state index contributed by atoms with van der Waals surface area (Å²) in [7, 11) is 0. The second kappa shape index (κ2) is 12.0. The maximum atomic E-state index is 13.8. The molecule has 0 radical (unpaired) electrons. The number of cyclic esters (lactones) is 1. The number of epoxide rings is 1. The smallest absolute Gasteiger partial charge is 0.309 e. The number of ketones is 1. The van der Waals surface area contributed by atoms with E-state index < -0.39 is 35.6 Å². The monoisotopic (exact) mass is 571 g/mol. The van der Waals surface area contributed by atoms with Gasteiger partial charge in [0.2, 0.25) is 0 Å². The fourth-order valence-electron chi connectivity index (χ4n) is 5.88. The Kier molecular flexibility index (Phi) is 9.25. The molecule has 0 bridgehead atoms. The van der Waals surface area contributed by atoms with Crippen LogP contribution in [0.2, 0.25) is 0 Å². The maximum absolute atomic E-state index is 13.8. The fourth-order valence-corrected chi connectivity index (χ4v) is 6.69. The van der Waals surface area contributed by atoms with Gasteiger partial charge in [0.05, 0.1) is 51.0 Å². The predicted molar refractivity (Wildman–Crippen MR) is 157 cm³/mol. The quantitative estimate of drug-likeness (QED) is 0.255. The number of carbonyl (C=O) groups is 2. The largest absolute Gasteiger partial charge is 0.457 e. The second-order valence-electron chi connectivity index (χ2n) is 12.9. The zero-order valence-corrected chi connectivity index (χ0v) is 25.7. The lowest BCUT2D eigenvalue weighted by Crippen LogP contribution is -2.46. The molecule has 0 aliphatic carbocycles. The molecule has 4 rings (SSSR count). The number of Topliss-reactive ketones (excluding diaryl/α,β-unsaturated/α-hetero) is 1. The molecule has 2 saturated heterocycles. The summed E-state index contributed by atoms with van der Waals surface area (Å²) in [5, 5.41) is 23.5. The number of aliphatic hydroxyl groups is 2. The molecule has 1 aromatic heterocycles. The molecule has 0 spiro atoms. The topological polar surface area (TPSA) is 109 Å². The molecular weight excluding hydrogens is 526 g/mol. The van der Waals surface area contributed by atoms with Crippen molar-refractivity contribution in [3.05, 3.63) is 40.4 Å². The standard InChI is InChI=1S/C32H45NO6S/c1-18(2)10-12-22-29(36)19(3)9-8-14-32(7)27(39-32)16-24(21-11-13-25-23(15-21)33-20(4)40-25)38-28(35)17-26(34)31(5,6)30(22)37/h10-11,13,15,19,22,24,26-27,29,34,36H,8-9,12,14,16-17H2,1-7H3/t19-,22+,24-,26-,27?,29+,32?/m0/s1. The summed E-state index contributed by atoms with van der Waals surface area (Å²) in [5.74, 6) is -1.60. The van der Waals surface area contributed by atoms with Gasteiger partial charge in [-0.25, -0.2) is 4.98 Å². The normalized spacial score (nSPS) is 33.7. The van der Waals surface area contributed by atoms with E-state index in [-0.39, 0.29) is 29.8 Å². The Labute approximate surface area is 242 Å². The number of esters is 1. The summed E-state index contributed by atoms with van der Waals surface area (Å²) in [6.45, 7) is 13.3. The molecular formula is C32H45NO6S. The maximum Gasteiger partial charge on any atom is 0.309 e. The van der Waals surface area contributed by atoms with E-state index in [1.807, 2.05) is 52.0 Å². The number of fused-ring (bicyclic) bond motifs is 2. The number of nitrogens with zero attached hydrogens (tertiary/aromatic N) is 1. The van der Waals surface area contributed by atoms with Gasteiger partial charge < -0.3 is 19.7 Å². The van der Waals surface area contributed by atoms with E-state index in [4.69, 9.17) is 9.47 Å². The predicted octanol–water partition coefficient (Wildman–Crippen LogP) is 6.24. The van der Waals surface area contributed by atoms with Gasteiger partial charge in [0.1, 0.15) is 11.9 Å². The highest BCUT2D eigenvalue weighted by atomic mass is 32.1. The van der Waals surface area contributed by atoms with Crippen molar-refractivity contribution in [3.8, 4) is 0 Å². The van der Waals surface area contributed by atoms with E-state index in [0.717, 1.165) is 45.6 Å². The van der Waals surface area contributed by atoms with Crippen LogP contribution >= 0.6 is 11.3 Å². The number of aryl methyl sites for hydroxylation is 1. The molecule has 3 heterocycles. The van der Waals surface area contributed by atoms with Crippen molar-refractivity contribution in [1.29, 1.82) is 0 Å². The van der Waals surface area contributed by atoms with Gasteiger partial charge in [0.15, 0.2) is 0 Å². The third kappa shape index (κ3) is 6.84. The van der Waals surface area contributed by atoms with Crippen molar-refractivity contribution < 1.29 is 29.3 Å². The summed E-state index contributed by atoms with van der Waals surface area (Å²) in [6.07, 6.45) is 2.19. The van der Waals surface area contributed by atoms with E-state index in [1.165, 1.54) is 0 Å². The first-order valence-electron chi connectivity index (χ1n) is 14.5. The van der Waals surface area contributed by atoms with Crippen LogP contribution in [-0.2, 0) is 19.1 Å². The highest BCUT2D eigenvalue weighted by Crippen LogP contribution is 2.47. The van der Waals surface area contributed by atoms with Gasteiger partial charge in [-0.15, -0.1) is 11.3 Å². The van der Waals surface area contributed by atoms with E-state index in [1.54, 1.807) is 25.2 Å². The summed E-state index contributed by atoms with van der Waals surface area (Å²) in [4.78, 5) is 31.7. The van der Waals surface area contributed by atoms with Crippen molar-refractivity contribution in [1.82, 2.24) is 4.98 Å². The molecule has 8 heteroatoms. The number of rotatable bonds is 3. The number of thiazole rings is 1. The number of aromatic nitrogens is 1. The van der Waals surface area contributed by atoms with Crippen LogP contribution in [0.25, 0.3) is 10.2 Å². The SMILES string of the molecule is CC(C)=CC[C@H]1C(=O)C(C)(C)[C@@H](O)CC(=O)O[C@H](c2ccc3sc(C)nc3c2)CC2OC2(C)CCC[C@H](C)[C@H]1O. The Hall–Kier alpha value is -2.13. The van der Waals surface area contributed by atoms with E-state index in [9.17, 15) is 19.8 Å². The van der Waals surface area contributed by atoms with Crippen LogP contribution in [-0.4, -0.2) is 50.9 Å². The van der Waals surface area contributed by atoms with E-state index in [2.05, 4.69) is 11.9 Å². The van der Waals surface area contributed by atoms with Crippen LogP contribution in [0.1, 0.15) is 96.7 Å². The highest BCUT2D eigenvalue weighted by molar-refractivity contribution is 7.18. The Morgan fingerprint density at radius 3 is 2.62 bits per heavy atom. The lowest BCUT2D eigenvalue weighted by molar-refractivity contribution is -0.156. The molecule has 2 N–H and O–H groups in total. The molecule has 2 unspecified atom stereocenters. The van der Waals surface area contributed by atoms with Crippen LogP contribution in [0.4, 0.5) is 0 Å². The number of carbonyl (C=O) groups excluding carboxylic acids is 2. The molecule has 220 valence electrons. The minimum atomic E-state index is -1.26. The minimum Gasteiger partial charge on any atom is -0.457 e. The van der Waals surface area contributed by atoms with Crippen molar-refractivity contribution in [2.75, 3.05) is 0 Å². The zero-order chi connectivity index (χ0) is 29.4. The number of ether oxygens (including phenoxy) is 2. The molecule has 0 amide bonds. The zero-order valence-electron chi connectivity index (χ0n) is 24.9. The van der Waals surface area contributed by atoms with Gasteiger partial charge in [-0.2, -0.15) is 0 Å². The van der Waals surface area contributed by atoms with Crippen molar-refractivity contribution in [2.45, 2.75) is 117 Å². The average molecular weight is 572 g/mol. The Balaban J connectivity index is 1.63. The molecule has 7 atom stereocenters. The van der Waals surface area contributed by atoms with Crippen molar-refractivity contribution >= 4 is 33.3 Å². The van der Waals surface area contributed by atoms with Crippen LogP contribution < -0.4 is 0 Å². The van der Waals surface area contributed by atoms with Crippen LogP contribution in [0.5, 0.6) is 0 Å². The number of allylic oxidation sites excluding steroid dienone is 2. The summed E-state index contributed by atoms with van der Waals surface area (Å²) < 4.78 is 13.2. The molecule has 40 heavy (non-hydrogen) atoms. The van der Waals surface area contributed by atoms with Gasteiger partial charge in [-0.3, -0.25) is 9.59 Å². The fraction of sp³-hybridized carbons (Fsp3) is 0.656. The van der Waals surface area contributed by atoms with Gasteiger partial charge in [0.25, 0.3) is 0 Å². The third-order valence-corrected chi connectivity index (χ3v) is 9.85. The summed E-state index contributed by atoms with van der Waals surface area (Å²) in [5.41, 5.74) is 1.19. The molecule has 1 aromatic carbocycles. The number of aliphatic hydroxyl groups excluding tert-OH is 2. The van der Waals surface area contributed by atoms with Gasteiger partial charge in [-0.1, -0.05) is 44.9 Å². The minimum absolute atomic E-state index is 0.0698. The number of hydrogen-bond acceptors (Lipinski definition) is 8. The van der Waals surface area contributed by atoms with Crippen LogP contribution in [0, 0.1) is 24.2 Å². The summed E-state index contributed by atoms with van der Waals surface area (Å²) >= 11 is 1.62. The average Bonchev–Trinajstić information content (AvgIpc) is 3.34. The molecule has 2 aliphatic rings. The van der Waals surface area contributed by atoms with Gasteiger partial charge in [-0.05, 0) is 70.6 Å². The van der Waals surface area contributed by atoms with Gasteiger partial charge >= 0.3 is 5.97 Å². The third-order valence-electron chi connectivity index (χ3n) is 8.90. The molecule has 2 fully saturated rings. The molecule has 2 aliphatic heterocycles. The van der Waals surface area contributed by atoms with E-state index >= 15 is 0 Å². The second-order valence-corrected chi connectivity index (χ2v) is 14.1. The first-order valence-corrected chi connectivity index (χ1v) is 15.3. The lowest BCUT2D eigenvalue weighted by atomic mass is 9.71.